The zero-order valence-corrected chi connectivity index (χ0v) is 17.1. The topological polar surface area (TPSA) is 82.1 Å². The number of nitrogens with zero attached hydrogens (tertiary/aromatic N) is 1. The summed E-state index contributed by atoms with van der Waals surface area (Å²) in [6.45, 7) is 6.06. The van der Waals surface area contributed by atoms with Crippen molar-refractivity contribution in [2.24, 2.45) is 5.41 Å². The molecular formula is C22H27NO6. The first-order valence-electron chi connectivity index (χ1n) is 9.91. The molecule has 0 bridgehead atoms. The standard InChI is InChI=1S/C22H27NO6/c1-4-22(2,3)19(24)20(25)23-11-5-8-16(23)21(26)27-12-6-7-15-9-10-17-18(13-15)29-14-28-17/h6-7,9-10,13,16H,4-5,8,11-12,14H2,1-3H3/t16-/m0/s1. The summed E-state index contributed by atoms with van der Waals surface area (Å²) in [5.74, 6) is -0.132. The number of likely N-dealkylation sites (tertiary alicyclic amines) is 1. The van der Waals surface area contributed by atoms with E-state index in [1.165, 1.54) is 4.90 Å². The molecule has 7 heteroatoms. The molecule has 29 heavy (non-hydrogen) atoms. The number of ether oxygens (including phenoxy) is 3. The maximum absolute atomic E-state index is 12.6. The second-order valence-electron chi connectivity index (χ2n) is 7.87. The van der Waals surface area contributed by atoms with E-state index in [1.54, 1.807) is 19.9 Å². The van der Waals surface area contributed by atoms with Crippen molar-refractivity contribution in [2.45, 2.75) is 46.1 Å². The molecule has 0 saturated carbocycles. The van der Waals surface area contributed by atoms with Crippen LogP contribution in [0, 0.1) is 5.41 Å². The zero-order chi connectivity index (χ0) is 21.0. The van der Waals surface area contributed by atoms with Crippen molar-refractivity contribution >= 4 is 23.7 Å². The van der Waals surface area contributed by atoms with Crippen molar-refractivity contribution in [3.8, 4) is 11.5 Å². The summed E-state index contributed by atoms with van der Waals surface area (Å²) in [5, 5.41) is 0. The fourth-order valence-corrected chi connectivity index (χ4v) is 3.26. The van der Waals surface area contributed by atoms with Gasteiger partial charge in [-0.05, 0) is 43.0 Å². The first kappa shape index (κ1) is 20.9. The zero-order valence-electron chi connectivity index (χ0n) is 17.1. The van der Waals surface area contributed by atoms with E-state index in [-0.39, 0.29) is 13.4 Å². The molecule has 7 nitrogen and oxygen atoms in total. The number of rotatable bonds is 7. The Morgan fingerprint density at radius 1 is 1.24 bits per heavy atom. The van der Waals surface area contributed by atoms with Gasteiger partial charge in [-0.25, -0.2) is 4.79 Å². The van der Waals surface area contributed by atoms with E-state index in [2.05, 4.69) is 0 Å². The summed E-state index contributed by atoms with van der Waals surface area (Å²) in [6.07, 6.45) is 5.29. The van der Waals surface area contributed by atoms with E-state index in [1.807, 2.05) is 31.2 Å². The van der Waals surface area contributed by atoms with Crippen LogP contribution in [0.1, 0.15) is 45.6 Å². The molecule has 0 N–H and O–H groups in total. The Labute approximate surface area is 170 Å². The molecule has 1 aromatic carbocycles. The number of hydrogen-bond donors (Lipinski definition) is 0. The highest BCUT2D eigenvalue weighted by atomic mass is 16.7. The lowest BCUT2D eigenvalue weighted by molar-refractivity contribution is -0.156. The van der Waals surface area contributed by atoms with Crippen molar-refractivity contribution in [3.63, 3.8) is 0 Å². The maximum Gasteiger partial charge on any atom is 0.329 e. The normalized spacial score (nSPS) is 18.3. The van der Waals surface area contributed by atoms with Crippen molar-refractivity contribution in [3.05, 3.63) is 29.8 Å². The van der Waals surface area contributed by atoms with Gasteiger partial charge in [0.05, 0.1) is 0 Å². The highest BCUT2D eigenvalue weighted by Crippen LogP contribution is 2.32. The van der Waals surface area contributed by atoms with E-state index in [9.17, 15) is 14.4 Å². The van der Waals surface area contributed by atoms with Gasteiger partial charge in [0.15, 0.2) is 11.5 Å². The van der Waals surface area contributed by atoms with Gasteiger partial charge >= 0.3 is 5.97 Å². The molecule has 0 radical (unpaired) electrons. The first-order valence-corrected chi connectivity index (χ1v) is 9.91. The van der Waals surface area contributed by atoms with Crippen LogP contribution in [0.25, 0.3) is 6.08 Å². The molecule has 1 fully saturated rings. The third-order valence-corrected chi connectivity index (χ3v) is 5.51. The quantitative estimate of drug-likeness (QED) is 0.516. The monoisotopic (exact) mass is 401 g/mol. The molecule has 1 aromatic rings. The lowest BCUT2D eigenvalue weighted by Crippen LogP contribution is -2.47. The number of ketones is 1. The molecule has 1 atom stereocenters. The molecule has 2 aliphatic heterocycles. The fourth-order valence-electron chi connectivity index (χ4n) is 3.26. The van der Waals surface area contributed by atoms with Crippen molar-refractivity contribution in [2.75, 3.05) is 19.9 Å². The highest BCUT2D eigenvalue weighted by molar-refractivity contribution is 6.38. The molecule has 1 amide bonds. The van der Waals surface area contributed by atoms with Crippen LogP contribution in [-0.2, 0) is 19.1 Å². The van der Waals surface area contributed by atoms with E-state index < -0.39 is 29.1 Å². The number of amides is 1. The highest BCUT2D eigenvalue weighted by Gasteiger charge is 2.41. The Balaban J connectivity index is 1.54. The average molecular weight is 401 g/mol. The Hall–Kier alpha value is -2.83. The van der Waals surface area contributed by atoms with Crippen LogP contribution in [0.2, 0.25) is 0 Å². The molecular weight excluding hydrogens is 374 g/mol. The van der Waals surface area contributed by atoms with Gasteiger partial charge in [-0.2, -0.15) is 0 Å². The number of Topliss-reactive ketones (excluding diaryl/α,β-unsaturated/α-hetero) is 1. The second-order valence-corrected chi connectivity index (χ2v) is 7.87. The predicted molar refractivity (Wildman–Crippen MR) is 106 cm³/mol. The van der Waals surface area contributed by atoms with Crippen molar-refractivity contribution in [1.29, 1.82) is 0 Å². The number of carbonyl (C=O) groups excluding carboxylic acids is 3. The Morgan fingerprint density at radius 2 is 2.00 bits per heavy atom. The van der Waals surface area contributed by atoms with Crippen molar-refractivity contribution in [1.82, 2.24) is 4.90 Å². The van der Waals surface area contributed by atoms with Crippen LogP contribution < -0.4 is 9.47 Å². The smallest absolute Gasteiger partial charge is 0.329 e. The molecule has 0 aliphatic carbocycles. The van der Waals surface area contributed by atoms with Gasteiger partial charge in [0.25, 0.3) is 5.91 Å². The minimum absolute atomic E-state index is 0.0835. The molecule has 0 spiro atoms. The minimum atomic E-state index is -0.735. The molecule has 1 saturated heterocycles. The van der Waals surface area contributed by atoms with Gasteiger partial charge in [0.1, 0.15) is 12.6 Å². The van der Waals surface area contributed by atoms with E-state index in [4.69, 9.17) is 14.2 Å². The van der Waals surface area contributed by atoms with Crippen LogP contribution in [0.5, 0.6) is 11.5 Å². The Bertz CT molecular complexity index is 829. The number of fused-ring (bicyclic) bond motifs is 1. The summed E-state index contributed by atoms with van der Waals surface area (Å²) in [6, 6.07) is 4.85. The van der Waals surface area contributed by atoms with Crippen LogP contribution in [0.4, 0.5) is 0 Å². The van der Waals surface area contributed by atoms with Gasteiger partial charge in [0, 0.05) is 12.0 Å². The number of carbonyl (C=O) groups is 3. The number of benzene rings is 1. The van der Waals surface area contributed by atoms with E-state index >= 15 is 0 Å². The van der Waals surface area contributed by atoms with Gasteiger partial charge in [-0.15, -0.1) is 0 Å². The van der Waals surface area contributed by atoms with Crippen LogP contribution in [0.15, 0.2) is 24.3 Å². The molecule has 0 unspecified atom stereocenters. The Kier molecular flexibility index (Phi) is 6.25. The SMILES string of the molecule is CCC(C)(C)C(=O)C(=O)N1CCC[C@H]1C(=O)OCC=Cc1ccc2c(c1)OCO2. The minimum Gasteiger partial charge on any atom is -0.460 e. The molecule has 0 aromatic heterocycles. The maximum atomic E-state index is 12.6. The summed E-state index contributed by atoms with van der Waals surface area (Å²) in [7, 11) is 0. The fraction of sp³-hybridized carbons (Fsp3) is 0.500. The lowest BCUT2D eigenvalue weighted by atomic mass is 9.84. The number of esters is 1. The molecule has 156 valence electrons. The van der Waals surface area contributed by atoms with Gasteiger partial charge in [0.2, 0.25) is 12.6 Å². The largest absolute Gasteiger partial charge is 0.460 e. The first-order chi connectivity index (χ1) is 13.8. The molecule has 3 rings (SSSR count). The van der Waals surface area contributed by atoms with E-state index in [0.717, 1.165) is 5.56 Å². The number of hydrogen-bond acceptors (Lipinski definition) is 6. The lowest BCUT2D eigenvalue weighted by Gasteiger charge is -2.27. The van der Waals surface area contributed by atoms with Crippen molar-refractivity contribution < 1.29 is 28.6 Å². The summed E-state index contributed by atoms with van der Waals surface area (Å²) in [5.41, 5.74) is 0.164. The van der Waals surface area contributed by atoms with Gasteiger partial charge in [-0.3, -0.25) is 9.59 Å². The summed E-state index contributed by atoms with van der Waals surface area (Å²) < 4.78 is 15.9. The second kappa shape index (κ2) is 8.68. The summed E-state index contributed by atoms with van der Waals surface area (Å²) in [4.78, 5) is 38.9. The summed E-state index contributed by atoms with van der Waals surface area (Å²) >= 11 is 0. The predicted octanol–water partition coefficient (Wildman–Crippen LogP) is 2.97. The van der Waals surface area contributed by atoms with Crippen LogP contribution >= 0.6 is 0 Å². The van der Waals surface area contributed by atoms with E-state index in [0.29, 0.717) is 37.3 Å². The third kappa shape index (κ3) is 4.60. The van der Waals surface area contributed by atoms with Crippen LogP contribution in [0.3, 0.4) is 0 Å². The Morgan fingerprint density at radius 3 is 2.76 bits per heavy atom. The van der Waals surface area contributed by atoms with Crippen LogP contribution in [-0.4, -0.2) is 48.5 Å². The van der Waals surface area contributed by atoms with Gasteiger partial charge in [-0.1, -0.05) is 32.9 Å². The average Bonchev–Trinajstić information content (AvgIpc) is 3.38. The molecule has 2 aliphatic rings. The molecule has 2 heterocycles. The third-order valence-electron chi connectivity index (χ3n) is 5.51. The van der Waals surface area contributed by atoms with Gasteiger partial charge < -0.3 is 19.1 Å².